The molecule has 0 aromatic carbocycles. The molecule has 0 N–H and O–H groups in total. The molecule has 1 aromatic rings. The minimum Gasteiger partial charge on any atom is -0.481 e. The first-order chi connectivity index (χ1) is 13.2. The summed E-state index contributed by atoms with van der Waals surface area (Å²) in [6, 6.07) is 4.04. The minimum atomic E-state index is 0.673. The fraction of sp³-hybridized carbons (Fsp3) is 0.727. The molecule has 27 heavy (non-hydrogen) atoms. The Labute approximate surface area is 169 Å². The molecule has 0 amide bonds. The maximum absolute atomic E-state index is 5.87. The van der Waals surface area contributed by atoms with Crippen molar-refractivity contribution in [1.29, 1.82) is 0 Å². The molecular formula is C22H33N3OS. The molecule has 5 heteroatoms. The molecule has 0 spiro atoms. The molecule has 3 fully saturated rings. The summed E-state index contributed by atoms with van der Waals surface area (Å²) in [5.74, 6) is 3.51. The Kier molecular flexibility index (Phi) is 6.16. The quantitative estimate of drug-likeness (QED) is 0.692. The largest absolute Gasteiger partial charge is 0.481 e. The molecular weight excluding hydrogens is 354 g/mol. The first kappa shape index (κ1) is 19.0. The third-order valence-electron chi connectivity index (χ3n) is 7.10. The monoisotopic (exact) mass is 387 g/mol. The Morgan fingerprint density at radius 2 is 1.85 bits per heavy atom. The van der Waals surface area contributed by atoms with Gasteiger partial charge in [0.25, 0.3) is 0 Å². The summed E-state index contributed by atoms with van der Waals surface area (Å²) in [5, 5.41) is 0. The van der Waals surface area contributed by atoms with Crippen LogP contribution in [0.5, 0.6) is 5.88 Å². The summed E-state index contributed by atoms with van der Waals surface area (Å²) in [7, 11) is 1.66. The number of rotatable bonds is 5. The SMILES string of the molecule is COc1ccc(N2CCN(C(=S)CC3CCC3C3CCCCC3)CC2)cn1. The van der Waals surface area contributed by atoms with Crippen molar-refractivity contribution in [3.05, 3.63) is 18.3 Å². The van der Waals surface area contributed by atoms with Crippen LogP contribution in [0.15, 0.2) is 18.3 Å². The smallest absolute Gasteiger partial charge is 0.213 e. The van der Waals surface area contributed by atoms with Crippen molar-refractivity contribution in [3.63, 3.8) is 0 Å². The maximum Gasteiger partial charge on any atom is 0.213 e. The summed E-state index contributed by atoms with van der Waals surface area (Å²) in [4.78, 5) is 10.4. The van der Waals surface area contributed by atoms with Crippen molar-refractivity contribution >= 4 is 22.9 Å². The van der Waals surface area contributed by atoms with E-state index in [9.17, 15) is 0 Å². The van der Waals surface area contributed by atoms with Crippen LogP contribution in [0.3, 0.4) is 0 Å². The summed E-state index contributed by atoms with van der Waals surface area (Å²) in [6.07, 6.45) is 13.2. The van der Waals surface area contributed by atoms with Gasteiger partial charge >= 0.3 is 0 Å². The van der Waals surface area contributed by atoms with Crippen LogP contribution in [0, 0.1) is 17.8 Å². The molecule has 1 aliphatic heterocycles. The highest BCUT2D eigenvalue weighted by Crippen LogP contribution is 2.47. The standard InChI is InChI=1S/C22H33N3OS/c1-26-21-10-8-19(16-23-21)24-11-13-25(14-12-24)22(27)15-18-7-9-20(18)17-5-3-2-4-6-17/h8,10,16-18,20H,2-7,9,11-15H2,1H3. The van der Waals surface area contributed by atoms with Gasteiger partial charge in [0.15, 0.2) is 0 Å². The van der Waals surface area contributed by atoms with Crippen molar-refractivity contribution in [3.8, 4) is 5.88 Å². The third-order valence-corrected chi connectivity index (χ3v) is 7.52. The van der Waals surface area contributed by atoms with E-state index in [0.29, 0.717) is 5.88 Å². The number of pyridine rings is 1. The predicted octanol–water partition coefficient (Wildman–Crippen LogP) is 4.54. The van der Waals surface area contributed by atoms with Gasteiger partial charge in [-0.3, -0.25) is 0 Å². The van der Waals surface area contributed by atoms with Crippen LogP contribution < -0.4 is 9.64 Å². The van der Waals surface area contributed by atoms with E-state index in [-0.39, 0.29) is 0 Å². The van der Waals surface area contributed by atoms with Gasteiger partial charge in [0.2, 0.25) is 5.88 Å². The number of aromatic nitrogens is 1. The number of nitrogens with zero attached hydrogens (tertiary/aromatic N) is 3. The predicted molar refractivity (Wildman–Crippen MR) is 115 cm³/mol. The van der Waals surface area contributed by atoms with Gasteiger partial charge in [-0.25, -0.2) is 4.98 Å². The van der Waals surface area contributed by atoms with E-state index < -0.39 is 0 Å². The van der Waals surface area contributed by atoms with Gasteiger partial charge in [0.1, 0.15) is 0 Å². The normalized spacial score (nSPS) is 26.6. The fourth-order valence-electron chi connectivity index (χ4n) is 5.28. The van der Waals surface area contributed by atoms with Gasteiger partial charge in [-0.2, -0.15) is 0 Å². The first-order valence-corrected chi connectivity index (χ1v) is 11.2. The average Bonchev–Trinajstić information content (AvgIpc) is 2.72. The first-order valence-electron chi connectivity index (χ1n) is 10.8. The molecule has 2 aliphatic carbocycles. The van der Waals surface area contributed by atoms with Crippen molar-refractivity contribution in [2.75, 3.05) is 38.2 Å². The van der Waals surface area contributed by atoms with E-state index in [1.807, 2.05) is 12.3 Å². The zero-order valence-electron chi connectivity index (χ0n) is 16.6. The van der Waals surface area contributed by atoms with Crippen LogP contribution in [0.4, 0.5) is 5.69 Å². The summed E-state index contributed by atoms with van der Waals surface area (Å²) in [5.41, 5.74) is 1.18. The van der Waals surface area contributed by atoms with Gasteiger partial charge in [-0.1, -0.05) is 44.3 Å². The molecule has 0 bridgehead atoms. The van der Waals surface area contributed by atoms with E-state index in [2.05, 4.69) is 20.9 Å². The van der Waals surface area contributed by atoms with E-state index in [1.54, 1.807) is 7.11 Å². The highest BCUT2D eigenvalue weighted by molar-refractivity contribution is 7.80. The number of anilines is 1. The van der Waals surface area contributed by atoms with Crippen LogP contribution in [0.1, 0.15) is 51.4 Å². The van der Waals surface area contributed by atoms with Gasteiger partial charge in [-0.05, 0) is 36.7 Å². The van der Waals surface area contributed by atoms with Crippen LogP contribution >= 0.6 is 12.2 Å². The van der Waals surface area contributed by atoms with Crippen LogP contribution in [0.2, 0.25) is 0 Å². The Balaban J connectivity index is 1.24. The van der Waals surface area contributed by atoms with Crippen molar-refractivity contribution in [2.24, 2.45) is 17.8 Å². The Morgan fingerprint density at radius 3 is 2.44 bits per heavy atom. The molecule has 2 atom stereocenters. The molecule has 1 saturated heterocycles. The van der Waals surface area contributed by atoms with Gasteiger partial charge in [-0.15, -0.1) is 0 Å². The van der Waals surface area contributed by atoms with Gasteiger partial charge in [0.05, 0.1) is 24.0 Å². The van der Waals surface area contributed by atoms with Crippen molar-refractivity contribution < 1.29 is 4.74 Å². The molecule has 2 unspecified atom stereocenters. The topological polar surface area (TPSA) is 28.6 Å². The molecule has 2 heterocycles. The lowest BCUT2D eigenvalue weighted by atomic mass is 9.62. The molecule has 3 aliphatic rings. The highest BCUT2D eigenvalue weighted by Gasteiger charge is 2.38. The van der Waals surface area contributed by atoms with Crippen LogP contribution in [0.25, 0.3) is 0 Å². The fourth-order valence-corrected chi connectivity index (χ4v) is 5.68. The van der Waals surface area contributed by atoms with E-state index in [1.165, 1.54) is 55.6 Å². The summed E-state index contributed by atoms with van der Waals surface area (Å²) < 4.78 is 5.16. The van der Waals surface area contributed by atoms with E-state index in [4.69, 9.17) is 17.0 Å². The van der Waals surface area contributed by atoms with Crippen LogP contribution in [-0.4, -0.2) is 48.2 Å². The number of ether oxygens (including phenoxy) is 1. The van der Waals surface area contributed by atoms with Crippen molar-refractivity contribution in [2.45, 2.75) is 51.4 Å². The van der Waals surface area contributed by atoms with E-state index >= 15 is 0 Å². The highest BCUT2D eigenvalue weighted by atomic mass is 32.1. The average molecular weight is 388 g/mol. The Bertz CT molecular complexity index is 621. The lowest BCUT2D eigenvalue weighted by Gasteiger charge is -2.45. The lowest BCUT2D eigenvalue weighted by Crippen LogP contribution is -2.49. The second-order valence-electron chi connectivity index (χ2n) is 8.53. The van der Waals surface area contributed by atoms with Gasteiger partial charge < -0.3 is 14.5 Å². The molecule has 148 valence electrons. The number of hydrogen-bond donors (Lipinski definition) is 0. The number of hydrogen-bond acceptors (Lipinski definition) is 4. The van der Waals surface area contributed by atoms with E-state index in [0.717, 1.165) is 50.4 Å². The number of piperazine rings is 1. The molecule has 4 nitrogen and oxygen atoms in total. The third kappa shape index (κ3) is 4.39. The zero-order chi connectivity index (χ0) is 18.6. The molecule has 0 radical (unpaired) electrons. The van der Waals surface area contributed by atoms with Crippen molar-refractivity contribution in [1.82, 2.24) is 9.88 Å². The lowest BCUT2D eigenvalue weighted by molar-refractivity contribution is 0.0824. The Morgan fingerprint density at radius 1 is 1.07 bits per heavy atom. The zero-order valence-corrected chi connectivity index (χ0v) is 17.4. The number of methoxy groups -OCH3 is 1. The van der Waals surface area contributed by atoms with Gasteiger partial charge in [0, 0.05) is 38.7 Å². The molecule has 4 rings (SSSR count). The second kappa shape index (κ2) is 8.76. The minimum absolute atomic E-state index is 0.673. The number of thiocarbonyl (C=S) groups is 1. The van der Waals surface area contributed by atoms with Crippen LogP contribution in [-0.2, 0) is 0 Å². The maximum atomic E-state index is 5.87. The Hall–Kier alpha value is -1.36. The molecule has 1 aromatic heterocycles. The summed E-state index contributed by atoms with van der Waals surface area (Å²) in [6.45, 7) is 4.10. The second-order valence-corrected chi connectivity index (χ2v) is 9.00. The summed E-state index contributed by atoms with van der Waals surface area (Å²) >= 11 is 5.87. The molecule has 2 saturated carbocycles.